The largest absolute Gasteiger partial charge is 0.299 e. The average Bonchev–Trinajstić information content (AvgIpc) is 2.17. The molecule has 0 aliphatic carbocycles. The summed E-state index contributed by atoms with van der Waals surface area (Å²) >= 11 is 0. The Bertz CT molecular complexity index is 186. The van der Waals surface area contributed by atoms with Crippen molar-refractivity contribution in [2.24, 2.45) is 0 Å². The Hall–Kier alpha value is -0.410. The quantitative estimate of drug-likeness (QED) is 0.673. The lowest BCUT2D eigenvalue weighted by atomic mass is 10.2. The summed E-state index contributed by atoms with van der Waals surface area (Å²) in [5, 5.41) is 0. The highest BCUT2D eigenvalue weighted by molar-refractivity contribution is 5.77. The summed E-state index contributed by atoms with van der Waals surface area (Å²) in [6.45, 7) is 11.1. The molecule has 0 aromatic carbocycles. The first-order chi connectivity index (χ1) is 6.63. The van der Waals surface area contributed by atoms with Gasteiger partial charge in [-0.05, 0) is 20.3 Å². The van der Waals surface area contributed by atoms with Crippen molar-refractivity contribution in [3.8, 4) is 0 Å². The van der Waals surface area contributed by atoms with Gasteiger partial charge in [-0.25, -0.2) is 0 Å². The molecule has 0 bridgehead atoms. The minimum Gasteiger partial charge on any atom is -0.299 e. The maximum Gasteiger partial charge on any atom is 0.143 e. The summed E-state index contributed by atoms with van der Waals surface area (Å²) in [5.41, 5.74) is 0. The average molecular weight is 198 g/mol. The van der Waals surface area contributed by atoms with E-state index in [0.717, 1.165) is 26.2 Å². The Morgan fingerprint density at radius 3 is 2.29 bits per heavy atom. The zero-order valence-corrected chi connectivity index (χ0v) is 9.62. The van der Waals surface area contributed by atoms with Crippen LogP contribution in [0.25, 0.3) is 0 Å². The second-order valence-electron chi connectivity index (χ2n) is 4.27. The van der Waals surface area contributed by atoms with Crippen LogP contribution < -0.4 is 0 Å². The van der Waals surface area contributed by atoms with E-state index in [4.69, 9.17) is 0 Å². The van der Waals surface area contributed by atoms with E-state index in [-0.39, 0.29) is 5.78 Å². The molecular formula is C11H22N2O. The molecule has 0 spiro atoms. The normalized spacial score (nSPS) is 22.2. The van der Waals surface area contributed by atoms with Crippen LogP contribution in [0.2, 0.25) is 0 Å². The van der Waals surface area contributed by atoms with E-state index >= 15 is 0 Å². The Labute approximate surface area is 87.1 Å². The number of nitrogens with zero attached hydrogens (tertiary/aromatic N) is 2. The summed E-state index contributed by atoms with van der Waals surface area (Å²) in [5.74, 6) is 0.280. The molecule has 1 saturated heterocycles. The third-order valence-corrected chi connectivity index (χ3v) is 3.07. The van der Waals surface area contributed by atoms with Gasteiger partial charge in [0.2, 0.25) is 0 Å². The van der Waals surface area contributed by atoms with Crippen molar-refractivity contribution in [2.45, 2.75) is 33.2 Å². The fourth-order valence-corrected chi connectivity index (χ4v) is 1.94. The van der Waals surface area contributed by atoms with Crippen LogP contribution in [-0.4, -0.2) is 54.3 Å². The van der Waals surface area contributed by atoms with Crippen molar-refractivity contribution in [1.29, 1.82) is 0 Å². The fourth-order valence-electron chi connectivity index (χ4n) is 1.94. The van der Waals surface area contributed by atoms with Crippen molar-refractivity contribution in [1.82, 2.24) is 9.80 Å². The summed E-state index contributed by atoms with van der Waals surface area (Å²) in [7, 11) is 0. The van der Waals surface area contributed by atoms with Gasteiger partial charge >= 0.3 is 0 Å². The maximum absolute atomic E-state index is 10.9. The van der Waals surface area contributed by atoms with Crippen LogP contribution in [-0.2, 0) is 4.79 Å². The van der Waals surface area contributed by atoms with Crippen LogP contribution in [0.4, 0.5) is 0 Å². The lowest BCUT2D eigenvalue weighted by molar-refractivity contribution is -0.118. The van der Waals surface area contributed by atoms with Gasteiger partial charge in [-0.15, -0.1) is 0 Å². The van der Waals surface area contributed by atoms with Gasteiger partial charge in [-0.2, -0.15) is 0 Å². The number of rotatable bonds is 4. The Morgan fingerprint density at radius 1 is 1.29 bits per heavy atom. The van der Waals surface area contributed by atoms with Gasteiger partial charge < -0.3 is 0 Å². The molecule has 1 aliphatic heterocycles. The molecule has 3 nitrogen and oxygen atoms in total. The lowest BCUT2D eigenvalue weighted by Gasteiger charge is -2.37. The van der Waals surface area contributed by atoms with E-state index in [9.17, 15) is 4.79 Å². The smallest absolute Gasteiger partial charge is 0.143 e. The van der Waals surface area contributed by atoms with Gasteiger partial charge in [0, 0.05) is 32.2 Å². The first-order valence-electron chi connectivity index (χ1n) is 5.59. The molecule has 1 atom stereocenters. The molecule has 0 N–H and O–H groups in total. The molecule has 0 amide bonds. The number of carbonyl (C=O) groups is 1. The topological polar surface area (TPSA) is 23.6 Å². The Balaban J connectivity index is 2.27. The highest BCUT2D eigenvalue weighted by atomic mass is 16.1. The van der Waals surface area contributed by atoms with Crippen LogP contribution in [0.3, 0.4) is 0 Å². The Kier molecular flexibility index (Phi) is 4.55. The molecule has 1 unspecified atom stereocenters. The van der Waals surface area contributed by atoms with Crippen LogP contribution in [0.15, 0.2) is 0 Å². The van der Waals surface area contributed by atoms with E-state index in [0.29, 0.717) is 12.6 Å². The van der Waals surface area contributed by atoms with Crippen molar-refractivity contribution in [2.75, 3.05) is 32.7 Å². The minimum absolute atomic E-state index is 0.280. The lowest BCUT2D eigenvalue weighted by Crippen LogP contribution is -2.50. The number of carbonyl (C=O) groups excluding carboxylic acids is 1. The molecule has 0 saturated carbocycles. The molecule has 14 heavy (non-hydrogen) atoms. The zero-order valence-electron chi connectivity index (χ0n) is 9.62. The molecule has 0 aromatic rings. The van der Waals surface area contributed by atoms with Gasteiger partial charge in [-0.3, -0.25) is 14.6 Å². The predicted molar refractivity (Wildman–Crippen MR) is 58.4 cm³/mol. The highest BCUT2D eigenvalue weighted by Gasteiger charge is 2.20. The van der Waals surface area contributed by atoms with Crippen LogP contribution >= 0.6 is 0 Å². The third-order valence-electron chi connectivity index (χ3n) is 3.07. The monoisotopic (exact) mass is 198 g/mol. The molecule has 1 aliphatic rings. The molecule has 3 heteroatoms. The van der Waals surface area contributed by atoms with E-state index in [2.05, 4.69) is 23.6 Å². The SMILES string of the molecule is CCC(C)N1CCN(CC(C)=O)CC1. The minimum atomic E-state index is 0.280. The van der Waals surface area contributed by atoms with Gasteiger partial charge in [0.25, 0.3) is 0 Å². The van der Waals surface area contributed by atoms with Crippen LogP contribution in [0, 0.1) is 0 Å². The second-order valence-corrected chi connectivity index (χ2v) is 4.27. The fraction of sp³-hybridized carbons (Fsp3) is 0.909. The van der Waals surface area contributed by atoms with E-state index < -0.39 is 0 Å². The number of ketones is 1. The van der Waals surface area contributed by atoms with Gasteiger partial charge in [-0.1, -0.05) is 6.92 Å². The number of hydrogen-bond donors (Lipinski definition) is 0. The first kappa shape index (κ1) is 11.7. The van der Waals surface area contributed by atoms with E-state index in [1.54, 1.807) is 6.92 Å². The summed E-state index contributed by atoms with van der Waals surface area (Å²) in [6, 6.07) is 0.689. The molecule has 1 fully saturated rings. The number of hydrogen-bond acceptors (Lipinski definition) is 3. The number of Topliss-reactive ketones (excluding diaryl/α,β-unsaturated/α-hetero) is 1. The second kappa shape index (κ2) is 5.47. The van der Waals surface area contributed by atoms with Gasteiger partial charge in [0.05, 0.1) is 6.54 Å². The summed E-state index contributed by atoms with van der Waals surface area (Å²) < 4.78 is 0. The third kappa shape index (κ3) is 3.39. The van der Waals surface area contributed by atoms with E-state index in [1.807, 2.05) is 0 Å². The van der Waals surface area contributed by atoms with Gasteiger partial charge in [0.1, 0.15) is 5.78 Å². The van der Waals surface area contributed by atoms with Gasteiger partial charge in [0.15, 0.2) is 0 Å². The van der Waals surface area contributed by atoms with Crippen LogP contribution in [0.1, 0.15) is 27.2 Å². The molecule has 0 aromatic heterocycles. The molecular weight excluding hydrogens is 176 g/mol. The summed E-state index contributed by atoms with van der Waals surface area (Å²) in [6.07, 6.45) is 1.21. The predicted octanol–water partition coefficient (Wildman–Crippen LogP) is 0.991. The number of piperazine rings is 1. The van der Waals surface area contributed by atoms with Crippen molar-refractivity contribution in [3.05, 3.63) is 0 Å². The van der Waals surface area contributed by atoms with Crippen molar-refractivity contribution >= 4 is 5.78 Å². The molecule has 0 radical (unpaired) electrons. The zero-order chi connectivity index (χ0) is 10.6. The standard InChI is InChI=1S/C11H22N2O/c1-4-10(2)13-7-5-12(6-8-13)9-11(3)14/h10H,4-9H2,1-3H3. The van der Waals surface area contributed by atoms with Crippen molar-refractivity contribution < 1.29 is 4.79 Å². The molecule has 82 valence electrons. The van der Waals surface area contributed by atoms with E-state index in [1.165, 1.54) is 6.42 Å². The molecule has 1 heterocycles. The molecule has 1 rings (SSSR count). The Morgan fingerprint density at radius 2 is 1.86 bits per heavy atom. The first-order valence-corrected chi connectivity index (χ1v) is 5.59. The highest BCUT2D eigenvalue weighted by Crippen LogP contribution is 2.08. The van der Waals surface area contributed by atoms with Crippen molar-refractivity contribution in [3.63, 3.8) is 0 Å². The van der Waals surface area contributed by atoms with Crippen LogP contribution in [0.5, 0.6) is 0 Å². The maximum atomic E-state index is 10.9. The summed E-state index contributed by atoms with van der Waals surface area (Å²) in [4.78, 5) is 15.7.